The average Bonchev–Trinajstić information content (AvgIpc) is 2.85. The molecule has 0 bridgehead atoms. The van der Waals surface area contributed by atoms with Crippen LogP contribution in [0, 0.1) is 0 Å². The molecule has 0 saturated carbocycles. The van der Waals surface area contributed by atoms with Gasteiger partial charge in [0.2, 0.25) is 11.7 Å². The van der Waals surface area contributed by atoms with Crippen LogP contribution in [0.5, 0.6) is 17.2 Å². The van der Waals surface area contributed by atoms with Crippen molar-refractivity contribution in [1.29, 1.82) is 0 Å². The Kier molecular flexibility index (Phi) is 8.25. The van der Waals surface area contributed by atoms with Crippen molar-refractivity contribution >= 4 is 33.2 Å². The van der Waals surface area contributed by atoms with E-state index in [-0.39, 0.29) is 11.4 Å². The average molecular weight is 505 g/mol. The van der Waals surface area contributed by atoms with Crippen molar-refractivity contribution in [1.82, 2.24) is 5.32 Å². The van der Waals surface area contributed by atoms with Crippen molar-refractivity contribution in [2.75, 3.05) is 32.2 Å². The number of nitrogens with one attached hydrogen (secondary N) is 1. The van der Waals surface area contributed by atoms with Gasteiger partial charge in [-0.25, -0.2) is 8.42 Å². The zero-order chi connectivity index (χ0) is 24.7. The van der Waals surface area contributed by atoms with Crippen LogP contribution in [-0.2, 0) is 21.4 Å². The maximum Gasteiger partial charge on any atom is 0.264 e. The Bertz CT molecular complexity index is 1230. The maximum absolute atomic E-state index is 13.4. The molecule has 0 aliphatic rings. The van der Waals surface area contributed by atoms with E-state index in [1.165, 1.54) is 45.6 Å². The molecule has 0 aliphatic carbocycles. The van der Waals surface area contributed by atoms with Gasteiger partial charge in [0.05, 0.1) is 31.9 Å². The minimum absolute atomic E-state index is 0.0233. The number of benzene rings is 3. The number of amides is 1. The Morgan fingerprint density at radius 1 is 0.882 bits per heavy atom. The third-order valence-corrected chi connectivity index (χ3v) is 7.03. The van der Waals surface area contributed by atoms with E-state index in [0.717, 1.165) is 4.31 Å². The molecule has 0 aromatic heterocycles. The lowest BCUT2D eigenvalue weighted by molar-refractivity contribution is -0.119. The van der Waals surface area contributed by atoms with Crippen molar-refractivity contribution in [3.8, 4) is 17.2 Å². The Morgan fingerprint density at radius 3 is 2.12 bits per heavy atom. The quantitative estimate of drug-likeness (QED) is 0.450. The van der Waals surface area contributed by atoms with Gasteiger partial charge in [0.25, 0.3) is 10.0 Å². The highest BCUT2D eigenvalue weighted by atomic mass is 35.5. The summed E-state index contributed by atoms with van der Waals surface area (Å²) in [5, 5.41) is 3.16. The topological polar surface area (TPSA) is 94.2 Å². The fourth-order valence-electron chi connectivity index (χ4n) is 3.33. The molecule has 10 heteroatoms. The summed E-state index contributed by atoms with van der Waals surface area (Å²) in [7, 11) is 0.456. The van der Waals surface area contributed by atoms with Crippen LogP contribution in [0.15, 0.2) is 71.6 Å². The largest absolute Gasteiger partial charge is 0.493 e. The number of ether oxygens (including phenoxy) is 3. The van der Waals surface area contributed by atoms with Crippen LogP contribution in [0.1, 0.15) is 5.56 Å². The van der Waals surface area contributed by atoms with Gasteiger partial charge in [-0.2, -0.15) is 0 Å². The molecule has 0 saturated heterocycles. The SMILES string of the molecule is COc1ccc(CNC(=O)CN(c2ccccc2)S(=O)(=O)c2ccc(Cl)cc2)c(OC)c1OC. The Hall–Kier alpha value is -3.43. The van der Waals surface area contributed by atoms with E-state index in [2.05, 4.69) is 5.32 Å². The second-order valence-electron chi connectivity index (χ2n) is 7.07. The third kappa shape index (κ3) is 5.55. The monoisotopic (exact) mass is 504 g/mol. The van der Waals surface area contributed by atoms with Crippen LogP contribution in [0.25, 0.3) is 0 Å². The van der Waals surface area contributed by atoms with Crippen LogP contribution in [0.3, 0.4) is 0 Å². The van der Waals surface area contributed by atoms with Gasteiger partial charge in [-0.3, -0.25) is 9.10 Å². The summed E-state index contributed by atoms with van der Waals surface area (Å²) in [6, 6.07) is 17.6. The first-order valence-corrected chi connectivity index (χ1v) is 12.0. The van der Waals surface area contributed by atoms with Gasteiger partial charge >= 0.3 is 0 Å². The number of carbonyl (C=O) groups is 1. The van der Waals surface area contributed by atoms with Gasteiger partial charge in [-0.15, -0.1) is 0 Å². The summed E-state index contributed by atoms with van der Waals surface area (Å²) in [5.74, 6) is 0.792. The van der Waals surface area contributed by atoms with Crippen molar-refractivity contribution in [3.05, 3.63) is 77.3 Å². The number of hydrogen-bond acceptors (Lipinski definition) is 6. The lowest BCUT2D eigenvalue weighted by atomic mass is 10.1. The van der Waals surface area contributed by atoms with Crippen molar-refractivity contribution < 1.29 is 27.4 Å². The van der Waals surface area contributed by atoms with Crippen molar-refractivity contribution in [3.63, 3.8) is 0 Å². The molecule has 3 rings (SSSR count). The molecule has 0 heterocycles. The Labute approximate surface area is 204 Å². The van der Waals surface area contributed by atoms with Crippen LogP contribution >= 0.6 is 11.6 Å². The predicted octanol–water partition coefficient (Wildman–Crippen LogP) is 3.88. The smallest absolute Gasteiger partial charge is 0.264 e. The van der Waals surface area contributed by atoms with Crippen LogP contribution < -0.4 is 23.8 Å². The molecule has 8 nitrogen and oxygen atoms in total. The lowest BCUT2D eigenvalue weighted by Crippen LogP contribution is -2.40. The van der Waals surface area contributed by atoms with Gasteiger partial charge in [0.15, 0.2) is 11.5 Å². The van der Waals surface area contributed by atoms with Gasteiger partial charge in [0, 0.05) is 17.1 Å². The van der Waals surface area contributed by atoms with Crippen molar-refractivity contribution in [2.24, 2.45) is 0 Å². The van der Waals surface area contributed by atoms with Crippen LogP contribution in [0.4, 0.5) is 5.69 Å². The minimum atomic E-state index is -4.03. The van der Waals surface area contributed by atoms with E-state index < -0.39 is 22.5 Å². The van der Waals surface area contributed by atoms with Crippen LogP contribution in [0.2, 0.25) is 5.02 Å². The number of anilines is 1. The molecular weight excluding hydrogens is 480 g/mol. The molecular formula is C24H25ClN2O6S. The summed E-state index contributed by atoms with van der Waals surface area (Å²) in [6.45, 7) is -0.337. The molecule has 0 fully saturated rings. The Morgan fingerprint density at radius 2 is 1.53 bits per heavy atom. The van der Waals surface area contributed by atoms with E-state index in [1.807, 2.05) is 0 Å². The van der Waals surface area contributed by atoms with Gasteiger partial charge < -0.3 is 19.5 Å². The normalized spacial score (nSPS) is 10.9. The number of nitrogens with zero attached hydrogens (tertiary/aromatic N) is 1. The van der Waals surface area contributed by atoms with Crippen molar-refractivity contribution in [2.45, 2.75) is 11.4 Å². The Balaban J connectivity index is 1.84. The highest BCUT2D eigenvalue weighted by molar-refractivity contribution is 7.92. The van der Waals surface area contributed by atoms with E-state index in [0.29, 0.717) is 33.5 Å². The first-order valence-electron chi connectivity index (χ1n) is 10.2. The molecule has 180 valence electrons. The van der Waals surface area contributed by atoms with E-state index in [1.54, 1.807) is 42.5 Å². The standard InChI is InChI=1S/C24H25ClN2O6S/c1-31-21-14-9-17(23(32-2)24(21)33-3)15-26-22(28)16-27(19-7-5-4-6-8-19)34(29,30)20-12-10-18(25)11-13-20/h4-14H,15-16H2,1-3H3,(H,26,28). The molecule has 0 radical (unpaired) electrons. The molecule has 3 aromatic carbocycles. The zero-order valence-corrected chi connectivity index (χ0v) is 20.5. The maximum atomic E-state index is 13.4. The number of hydrogen-bond donors (Lipinski definition) is 1. The molecule has 0 unspecified atom stereocenters. The lowest BCUT2D eigenvalue weighted by Gasteiger charge is -2.24. The summed E-state index contributed by atoms with van der Waals surface area (Å²) >= 11 is 5.91. The fraction of sp³-hybridized carbons (Fsp3) is 0.208. The van der Waals surface area contributed by atoms with E-state index in [9.17, 15) is 13.2 Å². The van der Waals surface area contributed by atoms with E-state index >= 15 is 0 Å². The molecule has 0 atom stereocenters. The highest BCUT2D eigenvalue weighted by Gasteiger charge is 2.27. The summed E-state index contributed by atoms with van der Waals surface area (Å²) in [5.41, 5.74) is 0.997. The second kappa shape index (κ2) is 11.1. The molecule has 1 N–H and O–H groups in total. The number of para-hydroxylation sites is 1. The molecule has 0 aliphatic heterocycles. The highest BCUT2D eigenvalue weighted by Crippen LogP contribution is 2.39. The van der Waals surface area contributed by atoms with E-state index in [4.69, 9.17) is 25.8 Å². The molecule has 0 spiro atoms. The van der Waals surface area contributed by atoms with Gasteiger partial charge in [0.1, 0.15) is 6.54 Å². The second-order valence-corrected chi connectivity index (χ2v) is 9.37. The number of halogens is 1. The first kappa shape index (κ1) is 25.2. The number of sulfonamides is 1. The third-order valence-electron chi connectivity index (χ3n) is 4.99. The number of carbonyl (C=O) groups excluding carboxylic acids is 1. The number of methoxy groups -OCH3 is 3. The predicted molar refractivity (Wildman–Crippen MR) is 130 cm³/mol. The number of rotatable bonds is 10. The molecule has 1 amide bonds. The molecule has 34 heavy (non-hydrogen) atoms. The minimum Gasteiger partial charge on any atom is -0.493 e. The summed E-state index contributed by atoms with van der Waals surface area (Å²) in [6.07, 6.45) is 0. The fourth-order valence-corrected chi connectivity index (χ4v) is 4.87. The first-order chi connectivity index (χ1) is 16.3. The van der Waals surface area contributed by atoms with Crippen LogP contribution in [-0.4, -0.2) is 42.2 Å². The molecule has 3 aromatic rings. The summed E-state index contributed by atoms with van der Waals surface area (Å²) < 4.78 is 43.9. The zero-order valence-electron chi connectivity index (χ0n) is 18.9. The summed E-state index contributed by atoms with van der Waals surface area (Å²) in [4.78, 5) is 12.9. The van der Waals surface area contributed by atoms with Gasteiger partial charge in [-0.05, 0) is 48.5 Å². The van der Waals surface area contributed by atoms with Gasteiger partial charge in [-0.1, -0.05) is 29.8 Å².